The van der Waals surface area contributed by atoms with Crippen LogP contribution in [-0.2, 0) is 23.9 Å². The summed E-state index contributed by atoms with van der Waals surface area (Å²) in [6.07, 6.45) is 6.37. The van der Waals surface area contributed by atoms with Crippen LogP contribution in [0.4, 0.5) is 0 Å². The summed E-state index contributed by atoms with van der Waals surface area (Å²) < 4.78 is 10.9. The molecule has 2 N–H and O–H groups in total. The lowest BCUT2D eigenvalue weighted by Crippen LogP contribution is -2.65. The number of aliphatic hydroxyl groups is 1. The predicted octanol–water partition coefficient (Wildman–Crippen LogP) is 2.38. The van der Waals surface area contributed by atoms with Crippen LogP contribution >= 0.6 is 0 Å². The van der Waals surface area contributed by atoms with Crippen molar-refractivity contribution in [1.29, 1.82) is 0 Å². The molecule has 3 rings (SSSR count). The van der Waals surface area contributed by atoms with Crippen LogP contribution in [0.3, 0.4) is 0 Å². The van der Waals surface area contributed by atoms with Crippen molar-refractivity contribution in [1.82, 2.24) is 0 Å². The van der Waals surface area contributed by atoms with E-state index in [0.717, 1.165) is 12.8 Å². The first-order valence-corrected chi connectivity index (χ1v) is 9.72. The third-order valence-electron chi connectivity index (χ3n) is 6.72. The van der Waals surface area contributed by atoms with Crippen LogP contribution < -0.4 is 0 Å². The molecule has 2 fully saturated rings. The van der Waals surface area contributed by atoms with Crippen LogP contribution in [0.25, 0.3) is 0 Å². The standard InChI is InChI=1S/C21H28O7/c1-19(2)9-6-10-20(3)17(19)14(11-13-12-27-18(25)21(13,20)26)28-16(24)8-5-4-7-15(22)23/h5,8,11,14,17,26H,4,6-7,9-10,12H2,1-3H3,(H,22,23)/b8-5+/t14-,17+,20+,21-/m0/s1. The van der Waals surface area contributed by atoms with Crippen molar-refractivity contribution in [2.75, 3.05) is 6.61 Å². The number of carbonyl (C=O) groups is 3. The zero-order valence-electron chi connectivity index (χ0n) is 16.6. The Hall–Kier alpha value is -2.15. The molecule has 0 amide bonds. The van der Waals surface area contributed by atoms with Crippen LogP contribution in [0, 0.1) is 16.7 Å². The fourth-order valence-electron chi connectivity index (χ4n) is 5.51. The zero-order chi connectivity index (χ0) is 20.7. The Morgan fingerprint density at radius 3 is 2.71 bits per heavy atom. The molecule has 7 nitrogen and oxygen atoms in total. The van der Waals surface area contributed by atoms with Crippen LogP contribution in [-0.4, -0.2) is 46.4 Å². The number of hydrogen-bond acceptors (Lipinski definition) is 6. The number of esters is 2. The van der Waals surface area contributed by atoms with Gasteiger partial charge in [0.05, 0.1) is 0 Å². The molecule has 0 bridgehead atoms. The molecule has 1 aliphatic heterocycles. The summed E-state index contributed by atoms with van der Waals surface area (Å²) in [4.78, 5) is 35.4. The SMILES string of the molecule is CC1(C)CCC[C@]2(C)[C@@H]1[C@@H](OC(=O)/C=C/CCC(=O)O)C=C1COC(=O)[C@@]12O. The molecule has 1 heterocycles. The maximum Gasteiger partial charge on any atom is 0.343 e. The van der Waals surface area contributed by atoms with Gasteiger partial charge in [-0.3, -0.25) is 4.79 Å². The summed E-state index contributed by atoms with van der Waals surface area (Å²) in [5.74, 6) is -2.38. The van der Waals surface area contributed by atoms with Gasteiger partial charge in [0.15, 0.2) is 5.60 Å². The molecule has 0 aromatic carbocycles. The van der Waals surface area contributed by atoms with Crippen LogP contribution in [0.2, 0.25) is 0 Å². The predicted molar refractivity (Wildman–Crippen MR) is 99.1 cm³/mol. The van der Waals surface area contributed by atoms with E-state index in [1.54, 1.807) is 6.08 Å². The van der Waals surface area contributed by atoms with Crippen molar-refractivity contribution >= 4 is 17.9 Å². The van der Waals surface area contributed by atoms with E-state index in [4.69, 9.17) is 14.6 Å². The highest BCUT2D eigenvalue weighted by atomic mass is 16.6. The summed E-state index contributed by atoms with van der Waals surface area (Å²) in [6, 6.07) is 0. The molecule has 1 saturated heterocycles. The Bertz CT molecular complexity index is 750. The molecule has 28 heavy (non-hydrogen) atoms. The number of hydrogen-bond donors (Lipinski definition) is 2. The Morgan fingerprint density at radius 2 is 2.04 bits per heavy atom. The quantitative estimate of drug-likeness (QED) is 0.420. The van der Waals surface area contributed by atoms with E-state index in [9.17, 15) is 19.5 Å². The Labute approximate surface area is 164 Å². The van der Waals surface area contributed by atoms with E-state index in [2.05, 4.69) is 13.8 Å². The maximum atomic E-state index is 12.5. The molecule has 2 aliphatic carbocycles. The van der Waals surface area contributed by atoms with Gasteiger partial charge in [-0.15, -0.1) is 0 Å². The van der Waals surface area contributed by atoms with Gasteiger partial charge in [-0.2, -0.15) is 0 Å². The number of allylic oxidation sites excluding steroid dienone is 1. The van der Waals surface area contributed by atoms with Crippen LogP contribution in [0.1, 0.15) is 52.9 Å². The number of aliphatic carboxylic acids is 1. The van der Waals surface area contributed by atoms with Crippen molar-refractivity contribution in [3.63, 3.8) is 0 Å². The van der Waals surface area contributed by atoms with Gasteiger partial charge >= 0.3 is 17.9 Å². The minimum Gasteiger partial charge on any atom is -0.481 e. The lowest BCUT2D eigenvalue weighted by atomic mass is 9.46. The first kappa shape index (κ1) is 20.6. The van der Waals surface area contributed by atoms with E-state index in [1.165, 1.54) is 12.2 Å². The molecule has 7 heteroatoms. The number of carbonyl (C=O) groups excluding carboxylic acids is 2. The normalized spacial score (nSPS) is 36.3. The fraction of sp³-hybridized carbons (Fsp3) is 0.667. The Balaban J connectivity index is 1.90. The molecule has 0 spiro atoms. The Morgan fingerprint density at radius 1 is 1.32 bits per heavy atom. The summed E-state index contributed by atoms with van der Waals surface area (Å²) in [7, 11) is 0. The molecule has 0 radical (unpaired) electrons. The third kappa shape index (κ3) is 3.15. The van der Waals surface area contributed by atoms with Gasteiger partial charge in [0.2, 0.25) is 0 Å². The first-order valence-electron chi connectivity index (χ1n) is 9.72. The van der Waals surface area contributed by atoms with Crippen molar-refractivity contribution in [2.45, 2.75) is 64.6 Å². The molecule has 3 aliphatic rings. The number of cyclic esters (lactones) is 1. The second kappa shape index (κ2) is 7.03. The van der Waals surface area contributed by atoms with E-state index < -0.39 is 35.0 Å². The molecule has 0 aromatic heterocycles. The summed E-state index contributed by atoms with van der Waals surface area (Å²) >= 11 is 0. The van der Waals surface area contributed by atoms with Gasteiger partial charge in [0.25, 0.3) is 0 Å². The number of carboxylic acid groups (broad SMARTS) is 1. The van der Waals surface area contributed by atoms with Crippen LogP contribution in [0.15, 0.2) is 23.8 Å². The molecule has 154 valence electrons. The van der Waals surface area contributed by atoms with Gasteiger partial charge < -0.3 is 19.7 Å². The van der Waals surface area contributed by atoms with Gasteiger partial charge in [0.1, 0.15) is 12.7 Å². The molecule has 4 atom stereocenters. The third-order valence-corrected chi connectivity index (χ3v) is 6.72. The van der Waals surface area contributed by atoms with E-state index in [0.29, 0.717) is 12.0 Å². The second-order valence-electron chi connectivity index (χ2n) is 8.95. The number of fused-ring (bicyclic) bond motifs is 3. The molecule has 0 aromatic rings. The smallest absolute Gasteiger partial charge is 0.343 e. The summed E-state index contributed by atoms with van der Waals surface area (Å²) in [5, 5.41) is 20.1. The average molecular weight is 392 g/mol. The van der Waals surface area contributed by atoms with Crippen molar-refractivity contribution in [2.24, 2.45) is 16.7 Å². The minimum atomic E-state index is -1.68. The maximum absolute atomic E-state index is 12.5. The lowest BCUT2D eigenvalue weighted by Gasteiger charge is -2.59. The molecular weight excluding hydrogens is 364 g/mol. The van der Waals surface area contributed by atoms with Gasteiger partial charge in [-0.25, -0.2) is 9.59 Å². The highest BCUT2D eigenvalue weighted by Gasteiger charge is 2.69. The molecular formula is C21H28O7. The topological polar surface area (TPSA) is 110 Å². The number of rotatable bonds is 5. The number of ether oxygens (including phenoxy) is 2. The highest BCUT2D eigenvalue weighted by molar-refractivity contribution is 5.88. The van der Waals surface area contributed by atoms with Gasteiger partial charge in [0, 0.05) is 29.4 Å². The van der Waals surface area contributed by atoms with Crippen molar-refractivity contribution < 1.29 is 34.1 Å². The van der Waals surface area contributed by atoms with E-state index in [1.807, 2.05) is 6.92 Å². The average Bonchev–Trinajstić information content (AvgIpc) is 2.87. The largest absolute Gasteiger partial charge is 0.481 e. The van der Waals surface area contributed by atoms with Gasteiger partial charge in [-0.1, -0.05) is 33.3 Å². The van der Waals surface area contributed by atoms with Crippen LogP contribution in [0.5, 0.6) is 0 Å². The van der Waals surface area contributed by atoms with Crippen molar-refractivity contribution in [3.8, 4) is 0 Å². The monoisotopic (exact) mass is 392 g/mol. The fourth-order valence-corrected chi connectivity index (χ4v) is 5.51. The second-order valence-corrected chi connectivity index (χ2v) is 8.95. The summed E-state index contributed by atoms with van der Waals surface area (Å²) in [5.41, 5.74) is -2.28. The van der Waals surface area contributed by atoms with E-state index in [-0.39, 0.29) is 30.8 Å². The molecule has 1 saturated carbocycles. The molecule has 0 unspecified atom stereocenters. The highest BCUT2D eigenvalue weighted by Crippen LogP contribution is 2.63. The minimum absolute atomic E-state index is 0.000569. The lowest BCUT2D eigenvalue weighted by molar-refractivity contribution is -0.194. The number of carboxylic acids is 1. The van der Waals surface area contributed by atoms with E-state index >= 15 is 0 Å². The van der Waals surface area contributed by atoms with Gasteiger partial charge in [-0.05, 0) is 30.8 Å². The first-order chi connectivity index (χ1) is 13.0. The summed E-state index contributed by atoms with van der Waals surface area (Å²) in [6.45, 7) is 6.03. The Kier molecular flexibility index (Phi) is 5.17. The van der Waals surface area contributed by atoms with Crippen molar-refractivity contribution in [3.05, 3.63) is 23.8 Å². The zero-order valence-corrected chi connectivity index (χ0v) is 16.6.